The third-order valence-electron chi connectivity index (χ3n) is 4.55. The molecule has 8 heteroatoms. The Balaban J connectivity index is 0.00000196. The number of amides is 1. The summed E-state index contributed by atoms with van der Waals surface area (Å²) < 4.78 is 0. The van der Waals surface area contributed by atoms with Gasteiger partial charge in [-0.15, -0.1) is 23.7 Å². The number of aryl methyl sites for hydroxylation is 2. The van der Waals surface area contributed by atoms with Crippen LogP contribution in [0.3, 0.4) is 0 Å². The molecule has 0 unspecified atom stereocenters. The van der Waals surface area contributed by atoms with Crippen LogP contribution in [-0.2, 0) is 13.0 Å². The summed E-state index contributed by atoms with van der Waals surface area (Å²) in [6.07, 6.45) is 0.865. The van der Waals surface area contributed by atoms with Crippen LogP contribution in [0.2, 0.25) is 0 Å². The van der Waals surface area contributed by atoms with E-state index in [0.29, 0.717) is 17.4 Å². The fraction of sp³-hybridized carbons (Fsp3) is 0.278. The van der Waals surface area contributed by atoms with Crippen LogP contribution in [0.5, 0.6) is 0 Å². The number of hydrogen-bond donors (Lipinski definition) is 3. The number of thiazole rings is 1. The second-order valence-electron chi connectivity index (χ2n) is 6.25. The molecule has 4 rings (SSSR count). The Labute approximate surface area is 161 Å². The molecule has 2 aromatic heterocycles. The molecule has 0 fully saturated rings. The second-order valence-corrected chi connectivity index (χ2v) is 7.11. The van der Waals surface area contributed by atoms with Crippen LogP contribution in [0.1, 0.15) is 32.9 Å². The third-order valence-corrected chi connectivity index (χ3v) is 5.31. The van der Waals surface area contributed by atoms with Crippen LogP contribution in [-0.4, -0.2) is 27.6 Å². The first-order valence-electron chi connectivity index (χ1n) is 8.23. The highest BCUT2D eigenvalue weighted by molar-refractivity contribution is 7.14. The van der Waals surface area contributed by atoms with Crippen molar-refractivity contribution in [2.24, 2.45) is 0 Å². The lowest BCUT2D eigenvalue weighted by atomic mass is 10.1. The van der Waals surface area contributed by atoms with Crippen molar-refractivity contribution >= 4 is 34.8 Å². The van der Waals surface area contributed by atoms with E-state index in [1.165, 1.54) is 22.5 Å². The lowest BCUT2D eigenvalue weighted by Gasteiger charge is -2.12. The number of halogens is 1. The van der Waals surface area contributed by atoms with Gasteiger partial charge in [0.2, 0.25) is 0 Å². The van der Waals surface area contributed by atoms with Crippen LogP contribution in [0, 0.1) is 13.8 Å². The molecular formula is C18H20ClN5OS. The fourth-order valence-corrected chi connectivity index (χ4v) is 3.65. The standard InChI is InChI=1S/C18H19N5OS.ClH/c1-10-3-4-12(7-11(10)2)15-9-25-18(20-15)21-17(24)16-13-8-19-6-5-14(13)22-23-16;/h3-4,7,9,19H,5-6,8H2,1-2H3,(H,22,23)(H,20,21,24);1H. The maximum atomic E-state index is 12.5. The van der Waals surface area contributed by atoms with E-state index in [4.69, 9.17) is 0 Å². The topological polar surface area (TPSA) is 82.7 Å². The van der Waals surface area contributed by atoms with Crippen molar-refractivity contribution in [3.05, 3.63) is 51.7 Å². The monoisotopic (exact) mass is 389 g/mol. The minimum Gasteiger partial charge on any atom is -0.312 e. The van der Waals surface area contributed by atoms with Crippen molar-refractivity contribution in [3.63, 3.8) is 0 Å². The molecule has 26 heavy (non-hydrogen) atoms. The van der Waals surface area contributed by atoms with Gasteiger partial charge in [-0.05, 0) is 31.0 Å². The molecule has 3 aromatic rings. The highest BCUT2D eigenvalue weighted by Crippen LogP contribution is 2.27. The van der Waals surface area contributed by atoms with E-state index in [0.717, 1.165) is 35.5 Å². The molecule has 6 nitrogen and oxygen atoms in total. The van der Waals surface area contributed by atoms with Crippen molar-refractivity contribution in [3.8, 4) is 11.3 Å². The number of fused-ring (bicyclic) bond motifs is 1. The highest BCUT2D eigenvalue weighted by atomic mass is 35.5. The molecule has 0 atom stereocenters. The van der Waals surface area contributed by atoms with Crippen LogP contribution in [0.4, 0.5) is 5.13 Å². The van der Waals surface area contributed by atoms with Crippen molar-refractivity contribution in [1.82, 2.24) is 20.5 Å². The molecule has 0 aliphatic carbocycles. The second kappa shape index (κ2) is 7.57. The Hall–Kier alpha value is -2.22. The van der Waals surface area contributed by atoms with Gasteiger partial charge in [0.1, 0.15) is 0 Å². The van der Waals surface area contributed by atoms with Gasteiger partial charge in [0.25, 0.3) is 5.91 Å². The molecule has 1 amide bonds. The Kier molecular flexibility index (Phi) is 5.41. The van der Waals surface area contributed by atoms with Gasteiger partial charge in [-0.25, -0.2) is 4.98 Å². The van der Waals surface area contributed by atoms with E-state index in [2.05, 4.69) is 57.9 Å². The lowest BCUT2D eigenvalue weighted by Crippen LogP contribution is -2.25. The zero-order chi connectivity index (χ0) is 17.4. The number of carbonyl (C=O) groups is 1. The van der Waals surface area contributed by atoms with E-state index >= 15 is 0 Å². The number of nitrogens with one attached hydrogen (secondary N) is 3. The van der Waals surface area contributed by atoms with Crippen LogP contribution >= 0.6 is 23.7 Å². The summed E-state index contributed by atoms with van der Waals surface area (Å²) in [7, 11) is 0. The van der Waals surface area contributed by atoms with Crippen LogP contribution < -0.4 is 10.6 Å². The predicted molar refractivity (Wildman–Crippen MR) is 106 cm³/mol. The lowest BCUT2D eigenvalue weighted by molar-refractivity contribution is 0.102. The molecular weight excluding hydrogens is 370 g/mol. The van der Waals surface area contributed by atoms with Gasteiger partial charge >= 0.3 is 0 Å². The van der Waals surface area contributed by atoms with E-state index < -0.39 is 0 Å². The van der Waals surface area contributed by atoms with E-state index in [1.807, 2.05) is 5.38 Å². The van der Waals surface area contributed by atoms with E-state index in [-0.39, 0.29) is 18.3 Å². The number of aromatic amines is 1. The van der Waals surface area contributed by atoms with E-state index in [9.17, 15) is 4.79 Å². The van der Waals surface area contributed by atoms with Crippen molar-refractivity contribution in [1.29, 1.82) is 0 Å². The average Bonchev–Trinajstić information content (AvgIpc) is 3.24. The summed E-state index contributed by atoms with van der Waals surface area (Å²) in [6, 6.07) is 6.26. The predicted octanol–water partition coefficient (Wildman–Crippen LogP) is 3.47. The fourth-order valence-electron chi connectivity index (χ4n) is 2.93. The summed E-state index contributed by atoms with van der Waals surface area (Å²) in [4.78, 5) is 17.1. The highest BCUT2D eigenvalue weighted by Gasteiger charge is 2.22. The summed E-state index contributed by atoms with van der Waals surface area (Å²) in [6.45, 7) is 5.75. The van der Waals surface area contributed by atoms with Crippen molar-refractivity contribution in [2.75, 3.05) is 11.9 Å². The molecule has 3 heterocycles. The van der Waals surface area contributed by atoms with Crippen molar-refractivity contribution in [2.45, 2.75) is 26.8 Å². The Morgan fingerprint density at radius 1 is 1.27 bits per heavy atom. The molecule has 1 aliphatic rings. The third kappa shape index (κ3) is 3.51. The number of anilines is 1. The molecule has 136 valence electrons. The number of rotatable bonds is 3. The Morgan fingerprint density at radius 3 is 2.92 bits per heavy atom. The number of hydrogen-bond acceptors (Lipinski definition) is 5. The van der Waals surface area contributed by atoms with Gasteiger partial charge in [-0.1, -0.05) is 12.1 Å². The van der Waals surface area contributed by atoms with Crippen molar-refractivity contribution < 1.29 is 4.79 Å². The Morgan fingerprint density at radius 2 is 2.12 bits per heavy atom. The number of nitrogens with zero attached hydrogens (tertiary/aromatic N) is 2. The summed E-state index contributed by atoms with van der Waals surface area (Å²) in [5.74, 6) is -0.220. The van der Waals surface area contributed by atoms with Gasteiger partial charge in [-0.3, -0.25) is 15.2 Å². The van der Waals surface area contributed by atoms with Gasteiger partial charge in [0, 0.05) is 41.7 Å². The average molecular weight is 390 g/mol. The summed E-state index contributed by atoms with van der Waals surface area (Å²) in [5, 5.41) is 15.8. The summed E-state index contributed by atoms with van der Waals surface area (Å²) in [5.41, 5.74) is 6.85. The first-order chi connectivity index (χ1) is 12.1. The van der Waals surface area contributed by atoms with Gasteiger partial charge in [-0.2, -0.15) is 5.10 Å². The normalized spacial score (nSPS) is 13.0. The number of aromatic nitrogens is 3. The molecule has 1 aromatic carbocycles. The smallest absolute Gasteiger partial charge is 0.278 e. The molecule has 0 bridgehead atoms. The van der Waals surface area contributed by atoms with Gasteiger partial charge in [0.15, 0.2) is 10.8 Å². The quantitative estimate of drug-likeness (QED) is 0.640. The minimum absolute atomic E-state index is 0. The molecule has 3 N–H and O–H groups in total. The van der Waals surface area contributed by atoms with Gasteiger partial charge in [0.05, 0.1) is 5.69 Å². The maximum Gasteiger partial charge on any atom is 0.278 e. The maximum absolute atomic E-state index is 12.5. The first-order valence-corrected chi connectivity index (χ1v) is 9.11. The summed E-state index contributed by atoms with van der Waals surface area (Å²) >= 11 is 1.42. The molecule has 0 saturated heterocycles. The number of H-pyrrole nitrogens is 1. The molecule has 0 radical (unpaired) electrons. The van der Waals surface area contributed by atoms with E-state index in [1.54, 1.807) is 0 Å². The number of carbonyl (C=O) groups excluding carboxylic acids is 1. The zero-order valence-electron chi connectivity index (χ0n) is 14.5. The van der Waals surface area contributed by atoms with Crippen LogP contribution in [0.15, 0.2) is 23.6 Å². The van der Waals surface area contributed by atoms with Crippen LogP contribution in [0.25, 0.3) is 11.3 Å². The van der Waals surface area contributed by atoms with Gasteiger partial charge < -0.3 is 5.32 Å². The zero-order valence-corrected chi connectivity index (χ0v) is 16.2. The SMILES string of the molecule is Cc1ccc(-c2csc(NC(=O)c3n[nH]c4c3CNCC4)n2)cc1C.Cl. The largest absolute Gasteiger partial charge is 0.312 e. The molecule has 1 aliphatic heterocycles. The number of benzene rings is 1. The Bertz CT molecular complexity index is 949. The first kappa shape index (κ1) is 18.6. The molecule has 0 saturated carbocycles. The minimum atomic E-state index is -0.220. The molecule has 0 spiro atoms.